The van der Waals surface area contributed by atoms with Crippen LogP contribution in [-0.4, -0.2) is 31.0 Å². The van der Waals surface area contributed by atoms with Gasteiger partial charge in [-0.15, -0.1) is 0 Å². The third-order valence-corrected chi connectivity index (χ3v) is 3.52. The first-order valence-corrected chi connectivity index (χ1v) is 7.65. The van der Waals surface area contributed by atoms with Crippen LogP contribution in [0, 0.1) is 0 Å². The van der Waals surface area contributed by atoms with E-state index in [2.05, 4.69) is 16.7 Å². The maximum atomic E-state index is 5.53. The van der Waals surface area contributed by atoms with E-state index < -0.39 is 0 Å². The molecule has 0 N–H and O–H groups in total. The molecule has 25 heavy (non-hydrogen) atoms. The molecule has 0 saturated carbocycles. The Morgan fingerprint density at radius 2 is 1.88 bits per heavy atom. The average Bonchev–Trinajstić information content (AvgIpc) is 3.16. The molecule has 0 aliphatic carbocycles. The molecule has 3 aromatic rings. The van der Waals surface area contributed by atoms with Crippen LogP contribution >= 0.6 is 0 Å². The van der Waals surface area contributed by atoms with Gasteiger partial charge in [-0.2, -0.15) is 4.98 Å². The Morgan fingerprint density at radius 1 is 1.04 bits per heavy atom. The van der Waals surface area contributed by atoms with Crippen molar-refractivity contribution in [3.05, 3.63) is 55.1 Å². The molecule has 0 fully saturated rings. The number of aromatic nitrogens is 2. The van der Waals surface area contributed by atoms with Gasteiger partial charge in [-0.3, -0.25) is 0 Å². The summed E-state index contributed by atoms with van der Waals surface area (Å²) in [6.07, 6.45) is 1.69. The first-order valence-electron chi connectivity index (χ1n) is 7.65. The van der Waals surface area contributed by atoms with Crippen LogP contribution in [0.4, 0.5) is 0 Å². The smallest absolute Gasteiger partial charge is 0.258 e. The van der Waals surface area contributed by atoms with Crippen molar-refractivity contribution < 1.29 is 18.7 Å². The standard InChI is InChI=1S/C19H18N2O4/c1-4-10-24-15-7-5-6-13(11-15)18-20-19(25-21-18)14-8-9-16(22-2)17(12-14)23-3/h4-9,11-12H,1,10H2,2-3H3. The third-order valence-electron chi connectivity index (χ3n) is 3.52. The van der Waals surface area contributed by atoms with Gasteiger partial charge in [0.2, 0.25) is 5.82 Å². The molecule has 0 saturated heterocycles. The van der Waals surface area contributed by atoms with Crippen LogP contribution in [0.15, 0.2) is 59.6 Å². The van der Waals surface area contributed by atoms with Gasteiger partial charge in [0.05, 0.1) is 14.2 Å². The van der Waals surface area contributed by atoms with Crippen LogP contribution in [0.3, 0.4) is 0 Å². The molecule has 0 aliphatic heterocycles. The van der Waals surface area contributed by atoms with Crippen molar-refractivity contribution >= 4 is 0 Å². The molecule has 0 bridgehead atoms. The second-order valence-electron chi connectivity index (χ2n) is 5.12. The van der Waals surface area contributed by atoms with Crippen molar-refractivity contribution in [2.45, 2.75) is 0 Å². The molecule has 6 nitrogen and oxygen atoms in total. The van der Waals surface area contributed by atoms with E-state index in [4.69, 9.17) is 18.7 Å². The van der Waals surface area contributed by atoms with Gasteiger partial charge < -0.3 is 18.7 Å². The van der Waals surface area contributed by atoms with Gasteiger partial charge in [0.25, 0.3) is 5.89 Å². The highest BCUT2D eigenvalue weighted by Gasteiger charge is 2.14. The Hall–Kier alpha value is -3.28. The van der Waals surface area contributed by atoms with Crippen molar-refractivity contribution in [1.82, 2.24) is 10.1 Å². The lowest BCUT2D eigenvalue weighted by Gasteiger charge is -2.07. The van der Waals surface area contributed by atoms with Crippen molar-refractivity contribution in [3.63, 3.8) is 0 Å². The molecule has 1 heterocycles. The lowest BCUT2D eigenvalue weighted by molar-refractivity contribution is 0.355. The summed E-state index contributed by atoms with van der Waals surface area (Å²) in [4.78, 5) is 4.45. The maximum Gasteiger partial charge on any atom is 0.258 e. The second kappa shape index (κ2) is 7.53. The zero-order valence-corrected chi connectivity index (χ0v) is 14.1. The Kier molecular flexibility index (Phi) is 4.99. The summed E-state index contributed by atoms with van der Waals surface area (Å²) in [5, 5.41) is 4.05. The van der Waals surface area contributed by atoms with Crippen molar-refractivity contribution in [2.24, 2.45) is 0 Å². The predicted molar refractivity (Wildman–Crippen MR) is 94.0 cm³/mol. The molecule has 1 aromatic heterocycles. The highest BCUT2D eigenvalue weighted by atomic mass is 16.5. The Balaban J connectivity index is 1.89. The molecule has 0 spiro atoms. The normalized spacial score (nSPS) is 10.3. The quantitative estimate of drug-likeness (QED) is 0.607. The zero-order chi connectivity index (χ0) is 17.6. The van der Waals surface area contributed by atoms with Crippen LogP contribution < -0.4 is 14.2 Å². The molecule has 0 amide bonds. The molecular formula is C19H18N2O4. The van der Waals surface area contributed by atoms with Crippen LogP contribution in [0.1, 0.15) is 0 Å². The molecule has 3 rings (SSSR count). The van der Waals surface area contributed by atoms with Crippen molar-refractivity contribution in [1.29, 1.82) is 0 Å². The van der Waals surface area contributed by atoms with Crippen LogP contribution in [0.2, 0.25) is 0 Å². The molecule has 6 heteroatoms. The summed E-state index contributed by atoms with van der Waals surface area (Å²) in [5.41, 5.74) is 1.55. The van der Waals surface area contributed by atoms with Gasteiger partial charge >= 0.3 is 0 Å². The number of nitrogens with zero attached hydrogens (tertiary/aromatic N) is 2. The second-order valence-corrected chi connectivity index (χ2v) is 5.12. The van der Waals surface area contributed by atoms with E-state index in [1.807, 2.05) is 30.3 Å². The molecule has 128 valence electrons. The van der Waals surface area contributed by atoms with Crippen LogP contribution in [0.25, 0.3) is 22.8 Å². The SMILES string of the molecule is C=CCOc1cccc(-c2noc(-c3ccc(OC)c(OC)c3)n2)c1. The van der Waals surface area contributed by atoms with Gasteiger partial charge in [-0.05, 0) is 30.3 Å². The number of ether oxygens (including phenoxy) is 3. The Labute approximate surface area is 145 Å². The van der Waals surface area contributed by atoms with E-state index in [9.17, 15) is 0 Å². The Morgan fingerprint density at radius 3 is 2.64 bits per heavy atom. The molecular weight excluding hydrogens is 320 g/mol. The lowest BCUT2D eigenvalue weighted by Crippen LogP contribution is -1.93. The highest BCUT2D eigenvalue weighted by molar-refractivity contribution is 5.63. The van der Waals surface area contributed by atoms with Crippen molar-refractivity contribution in [2.75, 3.05) is 20.8 Å². The van der Waals surface area contributed by atoms with Crippen LogP contribution in [-0.2, 0) is 0 Å². The predicted octanol–water partition coefficient (Wildman–Crippen LogP) is 3.99. The van der Waals surface area contributed by atoms with Gasteiger partial charge in [0.1, 0.15) is 12.4 Å². The summed E-state index contributed by atoms with van der Waals surface area (Å²) in [6, 6.07) is 12.9. The zero-order valence-electron chi connectivity index (χ0n) is 14.1. The van der Waals surface area contributed by atoms with E-state index in [-0.39, 0.29) is 0 Å². The first-order chi connectivity index (χ1) is 12.2. The fourth-order valence-corrected chi connectivity index (χ4v) is 2.31. The van der Waals surface area contributed by atoms with E-state index >= 15 is 0 Å². The minimum Gasteiger partial charge on any atom is -0.493 e. The topological polar surface area (TPSA) is 66.6 Å². The number of rotatable bonds is 7. The summed E-state index contributed by atoms with van der Waals surface area (Å²) in [7, 11) is 3.17. The maximum absolute atomic E-state index is 5.53. The van der Waals surface area contributed by atoms with Gasteiger partial charge in [-0.25, -0.2) is 0 Å². The molecule has 0 atom stereocenters. The van der Waals surface area contributed by atoms with E-state index in [1.54, 1.807) is 32.4 Å². The van der Waals surface area contributed by atoms with Gasteiger partial charge in [0, 0.05) is 11.1 Å². The van der Waals surface area contributed by atoms with Gasteiger partial charge in [-0.1, -0.05) is 29.9 Å². The number of benzene rings is 2. The first kappa shape index (κ1) is 16.6. The van der Waals surface area contributed by atoms with E-state index in [1.165, 1.54) is 0 Å². The molecule has 0 aliphatic rings. The van der Waals surface area contributed by atoms with E-state index in [0.29, 0.717) is 29.8 Å². The van der Waals surface area contributed by atoms with Crippen LogP contribution in [0.5, 0.6) is 17.2 Å². The minimum absolute atomic E-state index is 0.397. The summed E-state index contributed by atoms with van der Waals surface area (Å²) >= 11 is 0. The lowest BCUT2D eigenvalue weighted by atomic mass is 10.2. The minimum atomic E-state index is 0.397. The molecule has 0 unspecified atom stereocenters. The summed E-state index contributed by atoms with van der Waals surface area (Å²) in [6.45, 7) is 4.07. The Bertz CT molecular complexity index is 873. The molecule has 0 radical (unpaired) electrons. The fourth-order valence-electron chi connectivity index (χ4n) is 2.31. The third kappa shape index (κ3) is 3.63. The monoisotopic (exact) mass is 338 g/mol. The highest BCUT2D eigenvalue weighted by Crippen LogP contribution is 2.32. The number of methoxy groups -OCH3 is 2. The fraction of sp³-hybridized carbons (Fsp3) is 0.158. The van der Waals surface area contributed by atoms with E-state index in [0.717, 1.165) is 16.9 Å². The largest absolute Gasteiger partial charge is 0.493 e. The average molecular weight is 338 g/mol. The van der Waals surface area contributed by atoms with Crippen molar-refractivity contribution in [3.8, 4) is 40.1 Å². The number of hydrogen-bond donors (Lipinski definition) is 0. The summed E-state index contributed by atoms with van der Waals surface area (Å²) in [5.74, 6) is 2.83. The molecule has 2 aromatic carbocycles. The summed E-state index contributed by atoms with van der Waals surface area (Å²) < 4.78 is 21.5. The van der Waals surface area contributed by atoms with Gasteiger partial charge in [0.15, 0.2) is 11.5 Å². The number of hydrogen-bond acceptors (Lipinski definition) is 6.